The van der Waals surface area contributed by atoms with Crippen LogP contribution in [0, 0.1) is 5.82 Å². The standard InChI is InChI=1S/C12H17ClFNO3S/c1-11(2,12(3,4)16)15-19(17,18)8-5-6-10(14)9(13)7-8/h5-7,15-16H,1-4H3. The molecule has 1 aromatic rings. The zero-order chi connectivity index (χ0) is 15.1. The summed E-state index contributed by atoms with van der Waals surface area (Å²) in [4.78, 5) is -0.156. The van der Waals surface area contributed by atoms with Gasteiger partial charge in [-0.2, -0.15) is 0 Å². The molecule has 0 amide bonds. The molecule has 0 unspecified atom stereocenters. The van der Waals surface area contributed by atoms with Crippen molar-refractivity contribution in [2.75, 3.05) is 0 Å². The van der Waals surface area contributed by atoms with Crippen molar-refractivity contribution in [2.24, 2.45) is 0 Å². The maximum atomic E-state index is 13.0. The molecule has 0 saturated heterocycles. The van der Waals surface area contributed by atoms with Crippen molar-refractivity contribution in [1.82, 2.24) is 4.72 Å². The Bertz CT molecular complexity index is 579. The zero-order valence-corrected chi connectivity index (χ0v) is 12.7. The van der Waals surface area contributed by atoms with Gasteiger partial charge in [0.05, 0.1) is 21.1 Å². The van der Waals surface area contributed by atoms with Crippen LogP contribution in [0.3, 0.4) is 0 Å². The zero-order valence-electron chi connectivity index (χ0n) is 11.2. The molecule has 1 rings (SSSR count). The van der Waals surface area contributed by atoms with Gasteiger partial charge in [-0.3, -0.25) is 0 Å². The van der Waals surface area contributed by atoms with Crippen molar-refractivity contribution in [1.29, 1.82) is 0 Å². The van der Waals surface area contributed by atoms with E-state index in [1.54, 1.807) is 13.8 Å². The number of benzene rings is 1. The van der Waals surface area contributed by atoms with Gasteiger partial charge in [-0.25, -0.2) is 17.5 Å². The third-order valence-electron chi connectivity index (χ3n) is 3.12. The van der Waals surface area contributed by atoms with E-state index in [-0.39, 0.29) is 9.92 Å². The van der Waals surface area contributed by atoms with Gasteiger partial charge < -0.3 is 5.11 Å². The van der Waals surface area contributed by atoms with E-state index in [1.165, 1.54) is 13.8 Å². The Balaban J connectivity index is 3.16. The van der Waals surface area contributed by atoms with Crippen molar-refractivity contribution in [3.05, 3.63) is 29.0 Å². The summed E-state index contributed by atoms with van der Waals surface area (Å²) < 4.78 is 39.7. The first-order valence-corrected chi connectivity index (χ1v) is 7.44. The lowest BCUT2D eigenvalue weighted by molar-refractivity contribution is 0.00639. The first-order valence-electron chi connectivity index (χ1n) is 5.58. The number of rotatable bonds is 4. The molecule has 0 bridgehead atoms. The fourth-order valence-corrected chi connectivity index (χ4v) is 2.97. The Labute approximate surface area is 117 Å². The third-order valence-corrected chi connectivity index (χ3v) is 5.06. The van der Waals surface area contributed by atoms with Gasteiger partial charge in [0.15, 0.2) is 0 Å². The Hall–Kier alpha value is -0.690. The molecule has 0 radical (unpaired) electrons. The molecule has 2 N–H and O–H groups in total. The smallest absolute Gasteiger partial charge is 0.241 e. The van der Waals surface area contributed by atoms with Gasteiger partial charge in [-0.1, -0.05) is 11.6 Å². The number of hydrogen-bond acceptors (Lipinski definition) is 3. The van der Waals surface area contributed by atoms with Gasteiger partial charge in [0.1, 0.15) is 5.82 Å². The minimum absolute atomic E-state index is 0.156. The fraction of sp³-hybridized carbons (Fsp3) is 0.500. The highest BCUT2D eigenvalue weighted by Gasteiger charge is 2.38. The maximum absolute atomic E-state index is 13.0. The van der Waals surface area contributed by atoms with Crippen LogP contribution >= 0.6 is 11.6 Å². The highest BCUT2D eigenvalue weighted by atomic mass is 35.5. The van der Waals surface area contributed by atoms with Gasteiger partial charge in [0.25, 0.3) is 0 Å². The highest BCUT2D eigenvalue weighted by Crippen LogP contribution is 2.25. The monoisotopic (exact) mass is 309 g/mol. The van der Waals surface area contributed by atoms with Crippen LogP contribution in [0.25, 0.3) is 0 Å². The van der Waals surface area contributed by atoms with E-state index in [9.17, 15) is 17.9 Å². The molecule has 1 aromatic carbocycles. The lowest BCUT2D eigenvalue weighted by Crippen LogP contribution is -2.57. The van der Waals surface area contributed by atoms with Gasteiger partial charge in [-0.05, 0) is 45.9 Å². The molecule has 4 nitrogen and oxygen atoms in total. The van der Waals surface area contributed by atoms with E-state index < -0.39 is 27.0 Å². The number of hydrogen-bond donors (Lipinski definition) is 2. The van der Waals surface area contributed by atoms with Crippen LogP contribution in [0.1, 0.15) is 27.7 Å². The Morgan fingerprint density at radius 1 is 1.26 bits per heavy atom. The van der Waals surface area contributed by atoms with Gasteiger partial charge >= 0.3 is 0 Å². The van der Waals surface area contributed by atoms with Crippen molar-refractivity contribution in [3.63, 3.8) is 0 Å². The molecule has 0 aliphatic heterocycles. The molecule has 0 aliphatic carbocycles. The Morgan fingerprint density at radius 2 is 1.79 bits per heavy atom. The summed E-state index contributed by atoms with van der Waals surface area (Å²) in [6.07, 6.45) is 0. The summed E-state index contributed by atoms with van der Waals surface area (Å²) in [5.74, 6) is -0.692. The second-order valence-electron chi connectivity index (χ2n) is 5.37. The summed E-state index contributed by atoms with van der Waals surface area (Å²) in [6, 6.07) is 3.12. The molecule has 108 valence electrons. The second kappa shape index (κ2) is 5.01. The lowest BCUT2D eigenvalue weighted by atomic mass is 9.87. The van der Waals surface area contributed by atoms with E-state index >= 15 is 0 Å². The quantitative estimate of drug-likeness (QED) is 0.897. The van der Waals surface area contributed by atoms with Crippen LogP contribution < -0.4 is 4.72 Å². The SMILES string of the molecule is CC(C)(O)C(C)(C)NS(=O)(=O)c1ccc(F)c(Cl)c1. The average Bonchev–Trinajstić information content (AvgIpc) is 2.18. The van der Waals surface area contributed by atoms with Crippen LogP contribution in [0.5, 0.6) is 0 Å². The summed E-state index contributed by atoms with van der Waals surface area (Å²) in [5, 5.41) is 9.67. The molecule has 0 fully saturated rings. The fourth-order valence-electron chi connectivity index (χ4n) is 1.16. The van der Waals surface area contributed by atoms with E-state index in [4.69, 9.17) is 11.6 Å². The van der Waals surface area contributed by atoms with Crippen LogP contribution in [0.4, 0.5) is 4.39 Å². The van der Waals surface area contributed by atoms with Crippen molar-refractivity contribution >= 4 is 21.6 Å². The number of nitrogens with one attached hydrogen (secondary N) is 1. The summed E-state index contributed by atoms with van der Waals surface area (Å²) in [7, 11) is -3.90. The van der Waals surface area contributed by atoms with E-state index in [2.05, 4.69) is 4.72 Å². The van der Waals surface area contributed by atoms with E-state index in [0.29, 0.717) is 0 Å². The van der Waals surface area contributed by atoms with Crippen molar-refractivity contribution < 1.29 is 17.9 Å². The van der Waals surface area contributed by atoms with Crippen LogP contribution in [-0.4, -0.2) is 24.7 Å². The number of aliphatic hydroxyl groups is 1. The predicted molar refractivity (Wildman–Crippen MR) is 72.1 cm³/mol. The number of sulfonamides is 1. The Morgan fingerprint density at radius 3 is 2.21 bits per heavy atom. The normalized spacial score (nSPS) is 13.6. The topological polar surface area (TPSA) is 66.4 Å². The predicted octanol–water partition coefficient (Wildman–Crippen LogP) is 2.31. The second-order valence-corrected chi connectivity index (χ2v) is 7.46. The molecular formula is C12H17ClFNO3S. The first kappa shape index (κ1) is 16.4. The van der Waals surface area contributed by atoms with Crippen molar-refractivity contribution in [2.45, 2.75) is 43.7 Å². The van der Waals surface area contributed by atoms with E-state index in [1.807, 2.05) is 0 Å². The third kappa shape index (κ3) is 3.66. The van der Waals surface area contributed by atoms with Crippen LogP contribution in [0.2, 0.25) is 5.02 Å². The molecule has 0 atom stereocenters. The highest BCUT2D eigenvalue weighted by molar-refractivity contribution is 7.89. The summed E-state index contributed by atoms with van der Waals surface area (Å²) in [5.41, 5.74) is -2.38. The molecule has 0 aliphatic rings. The van der Waals surface area contributed by atoms with Gasteiger partial charge in [0, 0.05) is 0 Å². The first-order chi connectivity index (χ1) is 8.37. The van der Waals surface area contributed by atoms with Crippen molar-refractivity contribution in [3.8, 4) is 0 Å². The van der Waals surface area contributed by atoms with Crippen LogP contribution in [0.15, 0.2) is 23.1 Å². The maximum Gasteiger partial charge on any atom is 0.241 e. The lowest BCUT2D eigenvalue weighted by Gasteiger charge is -2.37. The minimum atomic E-state index is -3.90. The molecule has 0 aromatic heterocycles. The molecular weight excluding hydrogens is 293 g/mol. The van der Waals surface area contributed by atoms with Crippen LogP contribution in [-0.2, 0) is 10.0 Å². The minimum Gasteiger partial charge on any atom is -0.389 e. The Kier molecular flexibility index (Phi) is 4.32. The van der Waals surface area contributed by atoms with Gasteiger partial charge in [-0.15, -0.1) is 0 Å². The largest absolute Gasteiger partial charge is 0.389 e. The molecule has 0 heterocycles. The molecule has 0 spiro atoms. The molecule has 19 heavy (non-hydrogen) atoms. The van der Waals surface area contributed by atoms with Gasteiger partial charge in [0.2, 0.25) is 10.0 Å². The molecule has 7 heteroatoms. The summed E-state index contributed by atoms with van der Waals surface area (Å²) in [6.45, 7) is 6.09. The molecule has 0 saturated carbocycles. The summed E-state index contributed by atoms with van der Waals surface area (Å²) >= 11 is 5.56. The van der Waals surface area contributed by atoms with E-state index in [0.717, 1.165) is 18.2 Å². The number of halogens is 2. The average molecular weight is 310 g/mol.